The number of thioether (sulfide) groups is 1. The average molecular weight is 448 g/mol. The first-order valence-electron chi connectivity index (χ1n) is 9.36. The molecule has 0 fully saturated rings. The van der Waals surface area contributed by atoms with E-state index in [1.807, 2.05) is 6.92 Å². The molecule has 1 unspecified atom stereocenters. The predicted octanol–water partition coefficient (Wildman–Crippen LogP) is 6.06. The van der Waals surface area contributed by atoms with Crippen molar-refractivity contribution in [3.05, 3.63) is 78.3 Å². The van der Waals surface area contributed by atoms with Crippen molar-refractivity contribution in [3.8, 4) is 0 Å². The van der Waals surface area contributed by atoms with E-state index in [1.54, 1.807) is 36.4 Å². The molecule has 162 valence electrons. The number of nitrogens with one attached hydrogen (secondary N) is 2. The quantitative estimate of drug-likeness (QED) is 0.431. The highest BCUT2D eigenvalue weighted by Gasteiger charge is 2.30. The summed E-state index contributed by atoms with van der Waals surface area (Å²) in [6.07, 6.45) is -2.63. The zero-order valence-corrected chi connectivity index (χ0v) is 17.2. The average Bonchev–Trinajstić information content (AvgIpc) is 3.27. The number of carbonyl (C=O) groups excluding carboxylic acids is 2. The van der Waals surface area contributed by atoms with Gasteiger partial charge in [-0.3, -0.25) is 9.59 Å². The summed E-state index contributed by atoms with van der Waals surface area (Å²) in [5, 5.41) is 4.72. The Bertz CT molecular complexity index is 1050. The van der Waals surface area contributed by atoms with E-state index in [-0.39, 0.29) is 11.4 Å². The minimum atomic E-state index is -4.49. The van der Waals surface area contributed by atoms with E-state index in [4.69, 9.17) is 4.42 Å². The number of halogens is 3. The Kier molecular flexibility index (Phi) is 7.06. The van der Waals surface area contributed by atoms with E-state index in [2.05, 4.69) is 10.6 Å². The van der Waals surface area contributed by atoms with Gasteiger partial charge in [0.15, 0.2) is 5.76 Å². The third-order valence-corrected chi connectivity index (χ3v) is 5.59. The van der Waals surface area contributed by atoms with Crippen LogP contribution in [-0.4, -0.2) is 17.1 Å². The Morgan fingerprint density at radius 1 is 1.00 bits per heavy atom. The van der Waals surface area contributed by atoms with Crippen LogP contribution in [0.5, 0.6) is 0 Å². The second-order valence-electron chi connectivity index (χ2n) is 6.54. The normalized spacial score (nSPS) is 12.3. The molecule has 2 aromatic carbocycles. The van der Waals surface area contributed by atoms with Crippen LogP contribution in [-0.2, 0) is 11.0 Å². The minimum Gasteiger partial charge on any atom is -0.459 e. The topological polar surface area (TPSA) is 71.3 Å². The summed E-state index contributed by atoms with van der Waals surface area (Å²) < 4.78 is 43.7. The van der Waals surface area contributed by atoms with Gasteiger partial charge >= 0.3 is 6.18 Å². The van der Waals surface area contributed by atoms with Gasteiger partial charge in [-0.05, 0) is 55.0 Å². The smallest absolute Gasteiger partial charge is 0.416 e. The van der Waals surface area contributed by atoms with Crippen molar-refractivity contribution in [3.63, 3.8) is 0 Å². The molecule has 2 N–H and O–H groups in total. The lowest BCUT2D eigenvalue weighted by molar-refractivity contribution is -0.137. The molecule has 3 aromatic rings. The maximum atomic E-state index is 12.9. The zero-order chi connectivity index (χ0) is 22.4. The summed E-state index contributed by atoms with van der Waals surface area (Å²) in [5.74, 6) is -0.636. The molecule has 5 nitrogen and oxygen atoms in total. The molecule has 0 bridgehead atoms. The van der Waals surface area contributed by atoms with E-state index in [0.717, 1.165) is 17.0 Å². The molecule has 0 spiro atoms. The number of benzene rings is 2. The molecule has 9 heteroatoms. The summed E-state index contributed by atoms with van der Waals surface area (Å²) in [7, 11) is 0. The molecule has 1 atom stereocenters. The molecular weight excluding hydrogens is 429 g/mol. The fraction of sp³-hybridized carbons (Fsp3) is 0.182. The fourth-order valence-corrected chi connectivity index (χ4v) is 3.74. The SMILES string of the molecule is CCC(Sc1cccc(NC(=O)c2ccco2)c1)C(=O)Nc1cccc(C(F)(F)F)c1. The van der Waals surface area contributed by atoms with Gasteiger partial charge in [0.05, 0.1) is 17.1 Å². The van der Waals surface area contributed by atoms with Crippen LogP contribution < -0.4 is 10.6 Å². The molecular formula is C22H19F3N2O3S. The lowest BCUT2D eigenvalue weighted by Crippen LogP contribution is -2.24. The van der Waals surface area contributed by atoms with E-state index in [9.17, 15) is 22.8 Å². The van der Waals surface area contributed by atoms with Gasteiger partial charge in [0.2, 0.25) is 5.91 Å². The number of rotatable bonds is 7. The van der Waals surface area contributed by atoms with Gasteiger partial charge in [-0.2, -0.15) is 13.2 Å². The van der Waals surface area contributed by atoms with Crippen molar-refractivity contribution in [1.29, 1.82) is 0 Å². The van der Waals surface area contributed by atoms with Gasteiger partial charge in [-0.15, -0.1) is 11.8 Å². The predicted molar refractivity (Wildman–Crippen MR) is 113 cm³/mol. The molecule has 1 heterocycles. The van der Waals surface area contributed by atoms with E-state index in [0.29, 0.717) is 12.1 Å². The largest absolute Gasteiger partial charge is 0.459 e. The van der Waals surface area contributed by atoms with Gasteiger partial charge in [-0.1, -0.05) is 19.1 Å². The lowest BCUT2D eigenvalue weighted by Gasteiger charge is -2.16. The number of amides is 2. The van der Waals surface area contributed by atoms with Crippen molar-refractivity contribution in [1.82, 2.24) is 0 Å². The molecule has 0 aliphatic rings. The minimum absolute atomic E-state index is 0.0818. The van der Waals surface area contributed by atoms with Gasteiger partial charge in [0, 0.05) is 16.3 Å². The van der Waals surface area contributed by atoms with E-state index < -0.39 is 28.8 Å². The van der Waals surface area contributed by atoms with E-state index >= 15 is 0 Å². The number of anilines is 2. The standard InChI is InChI=1S/C22H19F3N2O3S/c1-2-19(21(29)27-15-7-3-6-14(12-15)22(23,24)25)31-17-9-4-8-16(13-17)26-20(28)18-10-5-11-30-18/h3-13,19H,2H2,1H3,(H,26,28)(H,27,29). The second kappa shape index (κ2) is 9.74. The van der Waals surface area contributed by atoms with Crippen LogP contribution in [0.3, 0.4) is 0 Å². The molecule has 1 aromatic heterocycles. The fourth-order valence-electron chi connectivity index (χ4n) is 2.73. The van der Waals surface area contributed by atoms with Gasteiger partial charge < -0.3 is 15.1 Å². The summed E-state index contributed by atoms with van der Waals surface area (Å²) >= 11 is 1.26. The number of furan rings is 1. The maximum absolute atomic E-state index is 12.9. The van der Waals surface area contributed by atoms with Gasteiger partial charge in [-0.25, -0.2) is 0 Å². The van der Waals surface area contributed by atoms with Crippen LogP contribution in [0.2, 0.25) is 0 Å². The first-order valence-corrected chi connectivity index (χ1v) is 10.2. The first-order chi connectivity index (χ1) is 14.8. The lowest BCUT2D eigenvalue weighted by atomic mass is 10.2. The summed E-state index contributed by atoms with van der Waals surface area (Å²) in [5.41, 5.74) is -0.219. The van der Waals surface area contributed by atoms with Crippen molar-refractivity contribution in [2.45, 2.75) is 29.7 Å². The van der Waals surface area contributed by atoms with Gasteiger partial charge in [0.1, 0.15) is 0 Å². The highest BCUT2D eigenvalue weighted by atomic mass is 32.2. The third kappa shape index (κ3) is 6.14. The van der Waals surface area contributed by atoms with Crippen molar-refractivity contribution >= 4 is 35.0 Å². The first kappa shape index (κ1) is 22.5. The van der Waals surface area contributed by atoms with Crippen molar-refractivity contribution in [2.24, 2.45) is 0 Å². The van der Waals surface area contributed by atoms with Crippen LogP contribution in [0.25, 0.3) is 0 Å². The molecule has 3 rings (SSSR count). The van der Waals surface area contributed by atoms with Crippen LogP contribution >= 0.6 is 11.8 Å². The van der Waals surface area contributed by atoms with Crippen LogP contribution in [0.15, 0.2) is 76.2 Å². The van der Waals surface area contributed by atoms with Gasteiger partial charge in [0.25, 0.3) is 5.91 Å². The van der Waals surface area contributed by atoms with Crippen LogP contribution in [0.4, 0.5) is 24.5 Å². The number of alkyl halides is 3. The maximum Gasteiger partial charge on any atom is 0.416 e. The van der Waals surface area contributed by atoms with Crippen LogP contribution in [0.1, 0.15) is 29.5 Å². The highest BCUT2D eigenvalue weighted by molar-refractivity contribution is 8.00. The summed E-state index contributed by atoms with van der Waals surface area (Å²) in [4.78, 5) is 25.5. The van der Waals surface area contributed by atoms with Crippen LogP contribution in [0, 0.1) is 0 Å². The number of hydrogen-bond donors (Lipinski definition) is 2. The third-order valence-electron chi connectivity index (χ3n) is 4.24. The molecule has 2 amide bonds. The Hall–Kier alpha value is -3.20. The summed E-state index contributed by atoms with van der Waals surface area (Å²) in [6, 6.07) is 14.6. The summed E-state index contributed by atoms with van der Waals surface area (Å²) in [6.45, 7) is 1.81. The molecule has 0 saturated heterocycles. The number of carbonyl (C=O) groups is 2. The molecule has 0 saturated carbocycles. The Labute approximate surface area is 181 Å². The van der Waals surface area contributed by atoms with Crippen molar-refractivity contribution < 1.29 is 27.2 Å². The second-order valence-corrected chi connectivity index (χ2v) is 7.82. The monoisotopic (exact) mass is 448 g/mol. The number of hydrogen-bond acceptors (Lipinski definition) is 4. The molecule has 0 radical (unpaired) electrons. The highest BCUT2D eigenvalue weighted by Crippen LogP contribution is 2.32. The Morgan fingerprint density at radius 2 is 1.71 bits per heavy atom. The van der Waals surface area contributed by atoms with Crippen molar-refractivity contribution in [2.75, 3.05) is 10.6 Å². The zero-order valence-electron chi connectivity index (χ0n) is 16.4. The van der Waals surface area contributed by atoms with E-state index in [1.165, 1.54) is 30.2 Å². The molecule has 31 heavy (non-hydrogen) atoms. The Morgan fingerprint density at radius 3 is 2.35 bits per heavy atom. The molecule has 0 aliphatic carbocycles. The Balaban J connectivity index is 1.66. The molecule has 0 aliphatic heterocycles.